The summed E-state index contributed by atoms with van der Waals surface area (Å²) in [6, 6.07) is 3.44. The van der Waals surface area contributed by atoms with Crippen LogP contribution in [0.3, 0.4) is 0 Å². The molecule has 5 heteroatoms. The van der Waals surface area contributed by atoms with Crippen molar-refractivity contribution in [1.29, 1.82) is 0 Å². The third-order valence-corrected chi connectivity index (χ3v) is 2.32. The first-order valence-electron chi connectivity index (χ1n) is 6.36. The molecule has 100 valence electrons. The standard InChI is InChI=1S/C13H21N3O2/c1-3-7-14-9-10-16-12-11(6-5-8-15-12)13(17)18-4-2/h5-6,8,14H,3-4,7,9-10H2,1-2H3,(H,15,16). The molecule has 2 N–H and O–H groups in total. The molecule has 1 aromatic heterocycles. The van der Waals surface area contributed by atoms with Crippen molar-refractivity contribution in [1.82, 2.24) is 10.3 Å². The predicted molar refractivity (Wildman–Crippen MR) is 71.8 cm³/mol. The smallest absolute Gasteiger partial charge is 0.341 e. The molecule has 18 heavy (non-hydrogen) atoms. The first-order chi connectivity index (χ1) is 8.79. The van der Waals surface area contributed by atoms with Crippen LogP contribution in [0.4, 0.5) is 5.82 Å². The van der Waals surface area contributed by atoms with Crippen LogP contribution in [-0.2, 0) is 4.74 Å². The number of hydrogen-bond acceptors (Lipinski definition) is 5. The van der Waals surface area contributed by atoms with Crippen LogP contribution in [0.25, 0.3) is 0 Å². The third-order valence-electron chi connectivity index (χ3n) is 2.32. The highest BCUT2D eigenvalue weighted by Crippen LogP contribution is 2.12. The monoisotopic (exact) mass is 251 g/mol. The van der Waals surface area contributed by atoms with E-state index in [1.165, 1.54) is 0 Å². The van der Waals surface area contributed by atoms with Crippen molar-refractivity contribution in [3.63, 3.8) is 0 Å². The number of aromatic nitrogens is 1. The number of nitrogens with one attached hydrogen (secondary N) is 2. The zero-order valence-corrected chi connectivity index (χ0v) is 11.0. The second-order valence-electron chi connectivity index (χ2n) is 3.80. The van der Waals surface area contributed by atoms with Gasteiger partial charge in [0.05, 0.1) is 6.61 Å². The fourth-order valence-corrected chi connectivity index (χ4v) is 1.49. The Bertz CT molecular complexity index is 369. The fraction of sp³-hybridized carbons (Fsp3) is 0.538. The molecule has 0 radical (unpaired) electrons. The van der Waals surface area contributed by atoms with E-state index in [1.54, 1.807) is 25.3 Å². The first kappa shape index (κ1) is 14.4. The van der Waals surface area contributed by atoms with Crippen LogP contribution in [0.15, 0.2) is 18.3 Å². The molecule has 1 heterocycles. The number of anilines is 1. The van der Waals surface area contributed by atoms with Gasteiger partial charge in [0.1, 0.15) is 11.4 Å². The second kappa shape index (κ2) is 8.47. The number of carbonyl (C=O) groups is 1. The molecule has 0 amide bonds. The van der Waals surface area contributed by atoms with Crippen molar-refractivity contribution >= 4 is 11.8 Å². The summed E-state index contributed by atoms with van der Waals surface area (Å²) < 4.78 is 4.98. The van der Waals surface area contributed by atoms with Gasteiger partial charge in [0, 0.05) is 19.3 Å². The first-order valence-corrected chi connectivity index (χ1v) is 6.36. The van der Waals surface area contributed by atoms with Gasteiger partial charge in [-0.15, -0.1) is 0 Å². The minimum atomic E-state index is -0.338. The topological polar surface area (TPSA) is 63.2 Å². The number of hydrogen-bond donors (Lipinski definition) is 2. The Morgan fingerprint density at radius 2 is 2.17 bits per heavy atom. The van der Waals surface area contributed by atoms with Gasteiger partial charge >= 0.3 is 5.97 Å². The highest BCUT2D eigenvalue weighted by molar-refractivity contribution is 5.94. The minimum absolute atomic E-state index is 0.338. The maximum Gasteiger partial charge on any atom is 0.341 e. The van der Waals surface area contributed by atoms with E-state index in [2.05, 4.69) is 22.5 Å². The second-order valence-corrected chi connectivity index (χ2v) is 3.80. The van der Waals surface area contributed by atoms with Gasteiger partial charge in [0.2, 0.25) is 0 Å². The summed E-state index contributed by atoms with van der Waals surface area (Å²) in [6.45, 7) is 6.84. The minimum Gasteiger partial charge on any atom is -0.462 e. The Hall–Kier alpha value is -1.62. The van der Waals surface area contributed by atoms with Crippen molar-refractivity contribution in [2.45, 2.75) is 20.3 Å². The van der Waals surface area contributed by atoms with Crippen LogP contribution in [0, 0.1) is 0 Å². The quantitative estimate of drug-likeness (QED) is 0.543. The molecule has 0 saturated heterocycles. The van der Waals surface area contributed by atoms with Gasteiger partial charge in [0.25, 0.3) is 0 Å². The largest absolute Gasteiger partial charge is 0.462 e. The summed E-state index contributed by atoms with van der Waals surface area (Å²) in [7, 11) is 0. The van der Waals surface area contributed by atoms with E-state index in [0.717, 1.165) is 26.1 Å². The van der Waals surface area contributed by atoms with Gasteiger partial charge in [-0.2, -0.15) is 0 Å². The Kier molecular flexibility index (Phi) is 6.79. The van der Waals surface area contributed by atoms with Gasteiger partial charge in [-0.05, 0) is 32.0 Å². The van der Waals surface area contributed by atoms with Gasteiger partial charge in [-0.1, -0.05) is 6.92 Å². The summed E-state index contributed by atoms with van der Waals surface area (Å²) in [4.78, 5) is 15.8. The zero-order chi connectivity index (χ0) is 13.2. The average Bonchev–Trinajstić information content (AvgIpc) is 2.39. The van der Waals surface area contributed by atoms with Crippen LogP contribution in [-0.4, -0.2) is 37.2 Å². The maximum absolute atomic E-state index is 11.7. The van der Waals surface area contributed by atoms with Crippen molar-refractivity contribution in [3.05, 3.63) is 23.9 Å². The molecule has 0 aromatic carbocycles. The SMILES string of the molecule is CCCNCCNc1ncccc1C(=O)OCC. The lowest BCUT2D eigenvalue weighted by atomic mass is 10.2. The number of rotatable bonds is 8. The Labute approximate surface area is 108 Å². The number of pyridine rings is 1. The predicted octanol–water partition coefficient (Wildman–Crippen LogP) is 1.67. The molecular weight excluding hydrogens is 230 g/mol. The van der Waals surface area contributed by atoms with Crippen LogP contribution in [0.2, 0.25) is 0 Å². The van der Waals surface area contributed by atoms with E-state index in [1.807, 2.05) is 0 Å². The van der Waals surface area contributed by atoms with E-state index in [-0.39, 0.29) is 5.97 Å². The molecule has 0 fully saturated rings. The molecule has 0 aliphatic carbocycles. The maximum atomic E-state index is 11.7. The summed E-state index contributed by atoms with van der Waals surface area (Å²) in [5.74, 6) is 0.240. The third kappa shape index (κ3) is 4.71. The van der Waals surface area contributed by atoms with Gasteiger partial charge in [-0.25, -0.2) is 9.78 Å². The van der Waals surface area contributed by atoms with E-state index in [9.17, 15) is 4.79 Å². The number of carbonyl (C=O) groups excluding carboxylic acids is 1. The molecule has 0 saturated carbocycles. The molecule has 0 spiro atoms. The molecule has 0 unspecified atom stereocenters. The fourth-order valence-electron chi connectivity index (χ4n) is 1.49. The molecule has 0 aliphatic heterocycles. The average molecular weight is 251 g/mol. The van der Waals surface area contributed by atoms with Crippen LogP contribution < -0.4 is 10.6 Å². The van der Waals surface area contributed by atoms with Crippen LogP contribution in [0.5, 0.6) is 0 Å². The van der Waals surface area contributed by atoms with Gasteiger partial charge in [0.15, 0.2) is 0 Å². The van der Waals surface area contributed by atoms with Crippen LogP contribution >= 0.6 is 0 Å². The van der Waals surface area contributed by atoms with Gasteiger partial charge < -0.3 is 15.4 Å². The zero-order valence-electron chi connectivity index (χ0n) is 11.0. The normalized spacial score (nSPS) is 10.1. The summed E-state index contributed by atoms with van der Waals surface area (Å²) in [6.07, 6.45) is 2.77. The summed E-state index contributed by atoms with van der Waals surface area (Å²) in [5, 5.41) is 6.41. The number of esters is 1. The molecule has 1 rings (SSSR count). The molecule has 5 nitrogen and oxygen atoms in total. The molecule has 0 aliphatic rings. The van der Waals surface area contributed by atoms with Crippen molar-refractivity contribution in [3.8, 4) is 0 Å². The number of nitrogens with zero attached hydrogens (tertiary/aromatic N) is 1. The summed E-state index contributed by atoms with van der Waals surface area (Å²) in [5.41, 5.74) is 0.481. The lowest BCUT2D eigenvalue weighted by molar-refractivity contribution is 0.0527. The molecular formula is C13H21N3O2. The van der Waals surface area contributed by atoms with E-state index in [4.69, 9.17) is 4.74 Å². The van der Waals surface area contributed by atoms with E-state index >= 15 is 0 Å². The van der Waals surface area contributed by atoms with Crippen molar-refractivity contribution in [2.75, 3.05) is 31.6 Å². The van der Waals surface area contributed by atoms with E-state index in [0.29, 0.717) is 18.0 Å². The molecule has 0 bridgehead atoms. The molecule has 1 aromatic rings. The van der Waals surface area contributed by atoms with Gasteiger partial charge in [-0.3, -0.25) is 0 Å². The van der Waals surface area contributed by atoms with Crippen molar-refractivity contribution in [2.24, 2.45) is 0 Å². The Morgan fingerprint density at radius 3 is 2.89 bits per heavy atom. The van der Waals surface area contributed by atoms with Crippen LogP contribution in [0.1, 0.15) is 30.6 Å². The highest BCUT2D eigenvalue weighted by Gasteiger charge is 2.12. The Morgan fingerprint density at radius 1 is 1.33 bits per heavy atom. The van der Waals surface area contributed by atoms with E-state index < -0.39 is 0 Å². The highest BCUT2D eigenvalue weighted by atomic mass is 16.5. The van der Waals surface area contributed by atoms with Crippen molar-refractivity contribution < 1.29 is 9.53 Å². The number of ether oxygens (including phenoxy) is 1. The molecule has 0 atom stereocenters. The lowest BCUT2D eigenvalue weighted by Crippen LogP contribution is -2.23. The lowest BCUT2D eigenvalue weighted by Gasteiger charge is -2.10. The Balaban J connectivity index is 2.51. The summed E-state index contributed by atoms with van der Waals surface area (Å²) >= 11 is 0.